The number of rotatable bonds is 7. The number of nitrogens with one attached hydrogen (secondary N) is 3. The summed E-state index contributed by atoms with van der Waals surface area (Å²) in [4.78, 5) is 37.3. The molecule has 0 radical (unpaired) electrons. The minimum Gasteiger partial charge on any atom is -0.457 e. The van der Waals surface area contributed by atoms with Crippen LogP contribution in [0, 0.1) is 0 Å². The maximum Gasteiger partial charge on any atom is 0.329 e. The highest BCUT2D eigenvalue weighted by atomic mass is 16.5. The Morgan fingerprint density at radius 1 is 0.667 bits per heavy atom. The molecule has 0 heterocycles. The van der Waals surface area contributed by atoms with E-state index >= 15 is 0 Å². The first-order valence-electron chi connectivity index (χ1n) is 11.0. The van der Waals surface area contributed by atoms with Gasteiger partial charge in [0.25, 0.3) is 5.91 Å². The van der Waals surface area contributed by atoms with Crippen molar-refractivity contribution in [3.8, 4) is 11.5 Å². The van der Waals surface area contributed by atoms with Gasteiger partial charge >= 0.3 is 11.8 Å². The second-order valence-electron chi connectivity index (χ2n) is 7.51. The van der Waals surface area contributed by atoms with Crippen LogP contribution in [0.2, 0.25) is 0 Å². The summed E-state index contributed by atoms with van der Waals surface area (Å²) in [6.07, 6.45) is 1.39. The van der Waals surface area contributed by atoms with Crippen LogP contribution in [-0.2, 0) is 9.59 Å². The van der Waals surface area contributed by atoms with Crippen molar-refractivity contribution in [2.45, 2.75) is 0 Å². The first kappa shape index (κ1) is 23.9. The number of hydrogen-bond donors (Lipinski definition) is 3. The summed E-state index contributed by atoms with van der Waals surface area (Å²) >= 11 is 0. The number of ether oxygens (including phenoxy) is 1. The first-order chi connectivity index (χ1) is 17.6. The second kappa shape index (κ2) is 11.8. The molecule has 0 unspecified atom stereocenters. The summed E-state index contributed by atoms with van der Waals surface area (Å²) in [5.74, 6) is -1.09. The largest absolute Gasteiger partial charge is 0.457 e. The molecule has 0 aliphatic carbocycles. The van der Waals surface area contributed by atoms with Gasteiger partial charge in [0.2, 0.25) is 0 Å². The minimum absolute atomic E-state index is 0.195. The lowest BCUT2D eigenvalue weighted by atomic mass is 10.1. The Labute approximate surface area is 207 Å². The summed E-state index contributed by atoms with van der Waals surface area (Å²) in [5, 5.41) is 9.05. The fourth-order valence-corrected chi connectivity index (χ4v) is 3.19. The van der Waals surface area contributed by atoms with E-state index in [-0.39, 0.29) is 11.3 Å². The number of carbonyl (C=O) groups is 3. The predicted octanol–water partition coefficient (Wildman–Crippen LogP) is 4.82. The van der Waals surface area contributed by atoms with Crippen molar-refractivity contribution >= 4 is 35.3 Å². The van der Waals surface area contributed by atoms with Gasteiger partial charge in [-0.1, -0.05) is 60.7 Å². The third kappa shape index (κ3) is 6.64. The molecule has 0 aromatic heterocycles. The number of benzene rings is 4. The summed E-state index contributed by atoms with van der Waals surface area (Å²) in [6.45, 7) is 0. The molecule has 3 amide bonds. The molecule has 0 spiro atoms. The van der Waals surface area contributed by atoms with Gasteiger partial charge in [-0.2, -0.15) is 5.10 Å². The maximum absolute atomic E-state index is 12.7. The Morgan fingerprint density at radius 2 is 1.33 bits per heavy atom. The number of para-hydroxylation sites is 3. The average Bonchev–Trinajstić information content (AvgIpc) is 2.90. The van der Waals surface area contributed by atoms with Crippen molar-refractivity contribution in [2.24, 2.45) is 5.10 Å². The van der Waals surface area contributed by atoms with Crippen molar-refractivity contribution in [2.75, 3.05) is 10.6 Å². The van der Waals surface area contributed by atoms with Gasteiger partial charge in [0, 0.05) is 5.69 Å². The highest BCUT2D eigenvalue weighted by molar-refractivity contribution is 6.40. The Balaban J connectivity index is 1.35. The number of nitrogens with zero attached hydrogens (tertiary/aromatic N) is 1. The van der Waals surface area contributed by atoms with Crippen molar-refractivity contribution in [3.63, 3.8) is 0 Å². The third-order valence-corrected chi connectivity index (χ3v) is 4.87. The van der Waals surface area contributed by atoms with Crippen molar-refractivity contribution in [1.29, 1.82) is 0 Å². The molecular weight excluding hydrogens is 456 g/mol. The standard InChI is InChI=1S/C28H22N4O4/c33-26(30-21-11-3-1-4-12-21)24-16-7-8-17-25(24)31-27(34)28(35)32-29-19-20-10-9-15-23(18-20)36-22-13-5-2-6-14-22/h1-19H,(H,30,33)(H,31,34)(H,32,35)/b29-19+. The highest BCUT2D eigenvalue weighted by Crippen LogP contribution is 2.21. The number of hydrogen-bond acceptors (Lipinski definition) is 5. The highest BCUT2D eigenvalue weighted by Gasteiger charge is 2.17. The maximum atomic E-state index is 12.7. The SMILES string of the molecule is O=C(N/N=C/c1cccc(Oc2ccccc2)c1)C(=O)Nc1ccccc1C(=O)Nc1ccccc1. The molecule has 0 bridgehead atoms. The van der Waals surface area contributed by atoms with Crippen LogP contribution in [0.4, 0.5) is 11.4 Å². The molecule has 0 aliphatic rings. The molecule has 8 nitrogen and oxygen atoms in total. The molecule has 4 aromatic carbocycles. The number of anilines is 2. The molecule has 4 rings (SSSR count). The predicted molar refractivity (Wildman–Crippen MR) is 138 cm³/mol. The van der Waals surface area contributed by atoms with Crippen LogP contribution < -0.4 is 20.8 Å². The van der Waals surface area contributed by atoms with Gasteiger partial charge in [0.05, 0.1) is 17.5 Å². The van der Waals surface area contributed by atoms with E-state index in [1.54, 1.807) is 66.7 Å². The second-order valence-corrected chi connectivity index (χ2v) is 7.51. The molecule has 0 saturated heterocycles. The Morgan fingerprint density at radius 3 is 2.11 bits per heavy atom. The Kier molecular flexibility index (Phi) is 7.81. The molecule has 4 aromatic rings. The molecule has 0 saturated carbocycles. The molecule has 8 heteroatoms. The van der Waals surface area contributed by atoms with E-state index in [0.717, 1.165) is 0 Å². The van der Waals surface area contributed by atoms with E-state index < -0.39 is 17.7 Å². The van der Waals surface area contributed by atoms with Gasteiger partial charge in [-0.3, -0.25) is 14.4 Å². The molecule has 36 heavy (non-hydrogen) atoms. The zero-order valence-electron chi connectivity index (χ0n) is 19.0. The van der Waals surface area contributed by atoms with E-state index in [0.29, 0.717) is 22.7 Å². The molecular formula is C28H22N4O4. The van der Waals surface area contributed by atoms with Crippen LogP contribution in [-0.4, -0.2) is 23.9 Å². The van der Waals surface area contributed by atoms with Crippen LogP contribution in [0.25, 0.3) is 0 Å². The van der Waals surface area contributed by atoms with E-state index in [9.17, 15) is 14.4 Å². The van der Waals surface area contributed by atoms with Gasteiger partial charge < -0.3 is 15.4 Å². The van der Waals surface area contributed by atoms with Crippen molar-refractivity contribution in [1.82, 2.24) is 5.43 Å². The summed E-state index contributed by atoms with van der Waals surface area (Å²) in [7, 11) is 0. The first-order valence-corrected chi connectivity index (χ1v) is 11.0. The van der Waals surface area contributed by atoms with Crippen LogP contribution >= 0.6 is 0 Å². The fraction of sp³-hybridized carbons (Fsp3) is 0. The van der Waals surface area contributed by atoms with Crippen molar-refractivity contribution < 1.29 is 19.1 Å². The zero-order valence-corrected chi connectivity index (χ0v) is 19.0. The van der Waals surface area contributed by atoms with E-state index in [2.05, 4.69) is 21.2 Å². The smallest absolute Gasteiger partial charge is 0.329 e. The van der Waals surface area contributed by atoms with Crippen LogP contribution in [0.3, 0.4) is 0 Å². The van der Waals surface area contributed by atoms with Gasteiger partial charge in [0.15, 0.2) is 0 Å². The molecule has 0 fully saturated rings. The topological polar surface area (TPSA) is 109 Å². The summed E-state index contributed by atoms with van der Waals surface area (Å²) in [5.41, 5.74) is 3.86. The van der Waals surface area contributed by atoms with E-state index in [1.165, 1.54) is 12.3 Å². The lowest BCUT2D eigenvalue weighted by molar-refractivity contribution is -0.136. The van der Waals surface area contributed by atoms with Gasteiger partial charge in [0.1, 0.15) is 11.5 Å². The molecule has 0 aliphatic heterocycles. The van der Waals surface area contributed by atoms with Crippen LogP contribution in [0.1, 0.15) is 15.9 Å². The average molecular weight is 479 g/mol. The molecule has 3 N–H and O–H groups in total. The van der Waals surface area contributed by atoms with Gasteiger partial charge in [-0.15, -0.1) is 0 Å². The fourth-order valence-electron chi connectivity index (χ4n) is 3.19. The van der Waals surface area contributed by atoms with E-state index in [1.807, 2.05) is 36.4 Å². The molecule has 178 valence electrons. The number of carbonyl (C=O) groups excluding carboxylic acids is 3. The van der Waals surface area contributed by atoms with Gasteiger partial charge in [-0.05, 0) is 54.1 Å². The Hall–Kier alpha value is -5.24. The lowest BCUT2D eigenvalue weighted by Gasteiger charge is -2.11. The summed E-state index contributed by atoms with van der Waals surface area (Å²) in [6, 6.07) is 31.7. The summed E-state index contributed by atoms with van der Waals surface area (Å²) < 4.78 is 5.77. The minimum atomic E-state index is -0.985. The normalized spacial score (nSPS) is 10.4. The Bertz CT molecular complexity index is 1390. The monoisotopic (exact) mass is 478 g/mol. The van der Waals surface area contributed by atoms with Gasteiger partial charge in [-0.25, -0.2) is 5.43 Å². The lowest BCUT2D eigenvalue weighted by Crippen LogP contribution is -2.33. The van der Waals surface area contributed by atoms with Crippen LogP contribution in [0.5, 0.6) is 11.5 Å². The molecule has 0 atom stereocenters. The van der Waals surface area contributed by atoms with E-state index in [4.69, 9.17) is 4.74 Å². The zero-order chi connectivity index (χ0) is 25.2. The third-order valence-electron chi connectivity index (χ3n) is 4.87. The van der Waals surface area contributed by atoms with Crippen LogP contribution in [0.15, 0.2) is 114 Å². The number of amides is 3. The van der Waals surface area contributed by atoms with Crippen molar-refractivity contribution in [3.05, 3.63) is 120 Å². The quantitative estimate of drug-likeness (QED) is 0.201. The number of hydrazone groups is 1.